The van der Waals surface area contributed by atoms with Crippen molar-refractivity contribution in [2.45, 2.75) is 45.6 Å². The maximum Gasteiger partial charge on any atom is 0.409 e. The summed E-state index contributed by atoms with van der Waals surface area (Å²) in [6, 6.07) is 7.88. The van der Waals surface area contributed by atoms with Crippen LogP contribution in [-0.2, 0) is 4.74 Å². The van der Waals surface area contributed by atoms with E-state index >= 15 is 0 Å². The van der Waals surface area contributed by atoms with E-state index in [2.05, 4.69) is 36.6 Å². The van der Waals surface area contributed by atoms with E-state index in [4.69, 9.17) is 9.47 Å². The highest BCUT2D eigenvalue weighted by Crippen LogP contribution is 2.18. The first-order chi connectivity index (χ1) is 13.0. The number of amides is 3. The Balaban J connectivity index is 1.59. The van der Waals surface area contributed by atoms with Gasteiger partial charge in [-0.2, -0.15) is 0 Å². The summed E-state index contributed by atoms with van der Waals surface area (Å²) in [7, 11) is 0. The molecular formula is C20H31N3O4. The number of urea groups is 1. The first-order valence-electron chi connectivity index (χ1n) is 9.68. The Kier molecular flexibility index (Phi) is 8.23. The number of ether oxygens (including phenoxy) is 2. The van der Waals surface area contributed by atoms with Crippen molar-refractivity contribution in [3.8, 4) is 5.75 Å². The van der Waals surface area contributed by atoms with Crippen LogP contribution >= 0.6 is 0 Å². The van der Waals surface area contributed by atoms with Gasteiger partial charge < -0.3 is 25.0 Å². The van der Waals surface area contributed by atoms with Crippen molar-refractivity contribution < 1.29 is 19.1 Å². The molecular weight excluding hydrogens is 346 g/mol. The smallest absolute Gasteiger partial charge is 0.409 e. The molecule has 0 atom stereocenters. The van der Waals surface area contributed by atoms with Gasteiger partial charge in [-0.1, -0.05) is 26.0 Å². The van der Waals surface area contributed by atoms with Crippen LogP contribution in [0, 0.1) is 0 Å². The number of piperidine rings is 1. The van der Waals surface area contributed by atoms with Gasteiger partial charge in [0.1, 0.15) is 12.4 Å². The standard InChI is InChI=1S/C20H31N3O4/c1-4-26-20(25)23-12-9-17(10-13-23)22-19(24)21-11-14-27-18-7-5-16(6-8-18)15(2)3/h5-8,15,17H,4,9-14H2,1-3H3,(H2,21,22,24). The van der Waals surface area contributed by atoms with E-state index in [1.54, 1.807) is 11.8 Å². The van der Waals surface area contributed by atoms with Gasteiger partial charge in [-0.05, 0) is 43.4 Å². The van der Waals surface area contributed by atoms with Crippen LogP contribution in [0.2, 0.25) is 0 Å². The molecule has 0 radical (unpaired) electrons. The molecule has 150 valence electrons. The van der Waals surface area contributed by atoms with Gasteiger partial charge >= 0.3 is 12.1 Å². The first kappa shape index (κ1) is 20.9. The van der Waals surface area contributed by atoms with E-state index in [1.165, 1.54) is 5.56 Å². The van der Waals surface area contributed by atoms with Crippen molar-refractivity contribution >= 4 is 12.1 Å². The number of nitrogens with one attached hydrogen (secondary N) is 2. The van der Waals surface area contributed by atoms with Gasteiger partial charge in [-0.3, -0.25) is 0 Å². The Morgan fingerprint density at radius 1 is 1.19 bits per heavy atom. The largest absolute Gasteiger partial charge is 0.492 e. The fourth-order valence-electron chi connectivity index (χ4n) is 2.94. The zero-order valence-electron chi connectivity index (χ0n) is 16.5. The molecule has 1 saturated heterocycles. The number of carbonyl (C=O) groups is 2. The Morgan fingerprint density at radius 2 is 1.85 bits per heavy atom. The molecule has 1 aromatic carbocycles. The molecule has 0 spiro atoms. The van der Waals surface area contributed by atoms with Gasteiger partial charge in [0.2, 0.25) is 0 Å². The quantitative estimate of drug-likeness (QED) is 0.716. The second kappa shape index (κ2) is 10.6. The Morgan fingerprint density at radius 3 is 2.44 bits per heavy atom. The summed E-state index contributed by atoms with van der Waals surface area (Å²) in [4.78, 5) is 25.3. The van der Waals surface area contributed by atoms with Gasteiger partial charge in [0.05, 0.1) is 13.2 Å². The number of carbonyl (C=O) groups excluding carboxylic acids is 2. The normalized spacial score (nSPS) is 14.7. The molecule has 1 aliphatic rings. The lowest BCUT2D eigenvalue weighted by molar-refractivity contribution is 0.0957. The number of hydrogen-bond donors (Lipinski definition) is 2. The third-order valence-corrected chi connectivity index (χ3v) is 4.56. The molecule has 0 bridgehead atoms. The number of nitrogens with zero attached hydrogens (tertiary/aromatic N) is 1. The molecule has 0 aliphatic carbocycles. The van der Waals surface area contributed by atoms with Crippen LogP contribution in [0.5, 0.6) is 5.75 Å². The van der Waals surface area contributed by atoms with Crippen molar-refractivity contribution in [2.24, 2.45) is 0 Å². The topological polar surface area (TPSA) is 79.9 Å². The van der Waals surface area contributed by atoms with Crippen molar-refractivity contribution in [3.05, 3.63) is 29.8 Å². The van der Waals surface area contributed by atoms with Crippen LogP contribution in [0.4, 0.5) is 9.59 Å². The minimum atomic E-state index is -0.279. The summed E-state index contributed by atoms with van der Waals surface area (Å²) in [6.07, 6.45) is 1.18. The molecule has 7 heteroatoms. The second-order valence-electron chi connectivity index (χ2n) is 6.93. The number of hydrogen-bond acceptors (Lipinski definition) is 4. The molecule has 1 heterocycles. The van der Waals surface area contributed by atoms with E-state index in [1.807, 2.05) is 12.1 Å². The average molecular weight is 377 g/mol. The zero-order valence-corrected chi connectivity index (χ0v) is 16.5. The van der Waals surface area contributed by atoms with E-state index < -0.39 is 0 Å². The van der Waals surface area contributed by atoms with E-state index in [-0.39, 0.29) is 18.2 Å². The van der Waals surface area contributed by atoms with Gasteiger partial charge in [0, 0.05) is 19.1 Å². The van der Waals surface area contributed by atoms with Crippen LogP contribution in [0.15, 0.2) is 24.3 Å². The first-order valence-corrected chi connectivity index (χ1v) is 9.68. The minimum absolute atomic E-state index is 0.0696. The predicted molar refractivity (Wildman–Crippen MR) is 104 cm³/mol. The van der Waals surface area contributed by atoms with E-state index in [0.29, 0.717) is 38.8 Å². The summed E-state index contributed by atoms with van der Waals surface area (Å²) < 4.78 is 10.6. The highest BCUT2D eigenvalue weighted by atomic mass is 16.6. The fraction of sp³-hybridized carbons (Fsp3) is 0.600. The minimum Gasteiger partial charge on any atom is -0.492 e. The molecule has 7 nitrogen and oxygen atoms in total. The molecule has 0 saturated carbocycles. The van der Waals surface area contributed by atoms with Crippen molar-refractivity contribution in [3.63, 3.8) is 0 Å². The number of rotatable bonds is 7. The van der Waals surface area contributed by atoms with Crippen molar-refractivity contribution in [1.29, 1.82) is 0 Å². The zero-order chi connectivity index (χ0) is 19.6. The van der Waals surface area contributed by atoms with Crippen molar-refractivity contribution in [1.82, 2.24) is 15.5 Å². The monoisotopic (exact) mass is 377 g/mol. The lowest BCUT2D eigenvalue weighted by Gasteiger charge is -2.31. The molecule has 3 amide bonds. The Bertz CT molecular complexity index is 596. The van der Waals surface area contributed by atoms with Gasteiger partial charge in [0.15, 0.2) is 0 Å². The molecule has 0 unspecified atom stereocenters. The van der Waals surface area contributed by atoms with E-state index in [9.17, 15) is 9.59 Å². The highest BCUT2D eigenvalue weighted by Gasteiger charge is 2.24. The van der Waals surface area contributed by atoms with Crippen LogP contribution in [-0.4, -0.2) is 55.9 Å². The number of likely N-dealkylation sites (tertiary alicyclic amines) is 1. The second-order valence-corrected chi connectivity index (χ2v) is 6.93. The lowest BCUT2D eigenvalue weighted by atomic mass is 10.0. The van der Waals surface area contributed by atoms with E-state index in [0.717, 1.165) is 18.6 Å². The SMILES string of the molecule is CCOC(=O)N1CCC(NC(=O)NCCOc2ccc(C(C)C)cc2)CC1. The van der Waals surface area contributed by atoms with Crippen LogP contribution in [0.25, 0.3) is 0 Å². The maximum absolute atomic E-state index is 12.0. The summed E-state index contributed by atoms with van der Waals surface area (Å²) in [6.45, 7) is 8.51. The molecule has 1 aromatic rings. The third-order valence-electron chi connectivity index (χ3n) is 4.56. The van der Waals surface area contributed by atoms with Gasteiger partial charge in [-0.25, -0.2) is 9.59 Å². The lowest BCUT2D eigenvalue weighted by Crippen LogP contribution is -2.49. The maximum atomic E-state index is 12.0. The summed E-state index contributed by atoms with van der Waals surface area (Å²) >= 11 is 0. The predicted octanol–water partition coefficient (Wildman–Crippen LogP) is 3.11. The molecule has 1 aliphatic heterocycles. The van der Waals surface area contributed by atoms with Crippen LogP contribution in [0.1, 0.15) is 45.1 Å². The molecule has 27 heavy (non-hydrogen) atoms. The number of benzene rings is 1. The van der Waals surface area contributed by atoms with Crippen LogP contribution in [0.3, 0.4) is 0 Å². The van der Waals surface area contributed by atoms with Crippen molar-refractivity contribution in [2.75, 3.05) is 32.8 Å². The fourth-order valence-corrected chi connectivity index (χ4v) is 2.94. The van der Waals surface area contributed by atoms with Crippen LogP contribution < -0.4 is 15.4 Å². The highest BCUT2D eigenvalue weighted by molar-refractivity contribution is 5.74. The summed E-state index contributed by atoms with van der Waals surface area (Å²) in [5, 5.41) is 5.75. The molecule has 1 fully saturated rings. The van der Waals surface area contributed by atoms with Gasteiger partial charge in [0.25, 0.3) is 0 Å². The molecule has 2 N–H and O–H groups in total. The Labute approximate surface area is 161 Å². The van der Waals surface area contributed by atoms with Gasteiger partial charge in [-0.15, -0.1) is 0 Å². The summed E-state index contributed by atoms with van der Waals surface area (Å²) in [5.74, 6) is 1.29. The molecule has 2 rings (SSSR count). The summed E-state index contributed by atoms with van der Waals surface area (Å²) in [5.41, 5.74) is 1.27. The molecule has 0 aromatic heterocycles. The Hall–Kier alpha value is -2.44. The third kappa shape index (κ3) is 7.00. The average Bonchev–Trinajstić information content (AvgIpc) is 2.66.